The van der Waals surface area contributed by atoms with Crippen LogP contribution >= 0.6 is 27.5 Å². The van der Waals surface area contributed by atoms with Gasteiger partial charge in [0, 0.05) is 0 Å². The molecule has 2 heterocycles. The largest absolute Gasteiger partial charge is 0.236 e. The predicted molar refractivity (Wildman–Crippen MR) is 50.4 cm³/mol. The molecule has 0 bridgehead atoms. The van der Waals surface area contributed by atoms with Gasteiger partial charge in [-0.2, -0.15) is 5.10 Å². The number of hydrogen-bond donors (Lipinski definition) is 0. The van der Waals surface area contributed by atoms with Crippen LogP contribution in [0.2, 0.25) is 5.15 Å². The minimum atomic E-state index is -0.474. The number of halogens is 3. The standard InChI is InChI=1S/C7H4BrClFN3/c1-3-6(8)13-5(7(9)12-3)4(10)2-11-13/h2H,1H3. The van der Waals surface area contributed by atoms with Gasteiger partial charge in [-0.1, -0.05) is 11.6 Å². The molecule has 0 atom stereocenters. The summed E-state index contributed by atoms with van der Waals surface area (Å²) in [6.07, 6.45) is 1.10. The van der Waals surface area contributed by atoms with Gasteiger partial charge in [-0.05, 0) is 22.9 Å². The lowest BCUT2D eigenvalue weighted by atomic mass is 10.4. The molecule has 0 saturated carbocycles. The summed E-state index contributed by atoms with van der Waals surface area (Å²) in [5.41, 5.74) is 0.861. The maximum Gasteiger partial charge on any atom is 0.172 e. The van der Waals surface area contributed by atoms with Crippen molar-refractivity contribution in [2.45, 2.75) is 6.92 Å². The van der Waals surface area contributed by atoms with Gasteiger partial charge in [0.2, 0.25) is 0 Å². The molecule has 0 radical (unpaired) electrons. The normalized spacial score (nSPS) is 11.1. The van der Waals surface area contributed by atoms with E-state index in [1.54, 1.807) is 6.92 Å². The van der Waals surface area contributed by atoms with Crippen molar-refractivity contribution in [3.8, 4) is 0 Å². The molecule has 0 spiro atoms. The summed E-state index contributed by atoms with van der Waals surface area (Å²) in [5.74, 6) is -0.474. The highest BCUT2D eigenvalue weighted by molar-refractivity contribution is 9.10. The van der Waals surface area contributed by atoms with E-state index in [4.69, 9.17) is 11.6 Å². The Bertz CT molecular complexity index is 482. The van der Waals surface area contributed by atoms with Crippen LogP contribution in [0.25, 0.3) is 5.52 Å². The van der Waals surface area contributed by atoms with Crippen molar-refractivity contribution < 1.29 is 4.39 Å². The molecule has 0 aliphatic carbocycles. The zero-order valence-electron chi connectivity index (χ0n) is 6.55. The quantitative estimate of drug-likeness (QED) is 0.732. The van der Waals surface area contributed by atoms with Gasteiger partial charge in [0.15, 0.2) is 11.0 Å². The van der Waals surface area contributed by atoms with Crippen LogP contribution in [0.5, 0.6) is 0 Å². The number of rotatable bonds is 0. The molecule has 0 saturated heterocycles. The molecule has 68 valence electrons. The van der Waals surface area contributed by atoms with Crippen LogP contribution in [-0.4, -0.2) is 14.6 Å². The maximum absolute atomic E-state index is 13.1. The van der Waals surface area contributed by atoms with Crippen molar-refractivity contribution in [1.82, 2.24) is 14.6 Å². The molecule has 0 aromatic carbocycles. The smallest absolute Gasteiger partial charge is 0.172 e. The first-order valence-corrected chi connectivity index (χ1v) is 4.63. The zero-order chi connectivity index (χ0) is 9.59. The van der Waals surface area contributed by atoms with Crippen molar-refractivity contribution in [3.63, 3.8) is 0 Å². The highest BCUT2D eigenvalue weighted by atomic mass is 79.9. The number of fused-ring (bicyclic) bond motifs is 1. The summed E-state index contributed by atoms with van der Waals surface area (Å²) < 4.78 is 15.1. The highest BCUT2D eigenvalue weighted by Crippen LogP contribution is 2.23. The van der Waals surface area contributed by atoms with E-state index in [0.717, 1.165) is 6.20 Å². The molecule has 2 aromatic heterocycles. The number of nitrogens with zero attached hydrogens (tertiary/aromatic N) is 3. The molecular weight excluding hydrogens is 260 g/mol. The molecule has 2 rings (SSSR count). The van der Waals surface area contributed by atoms with Crippen LogP contribution in [0, 0.1) is 12.7 Å². The number of hydrogen-bond acceptors (Lipinski definition) is 2. The van der Waals surface area contributed by atoms with Crippen LogP contribution < -0.4 is 0 Å². The van der Waals surface area contributed by atoms with Gasteiger partial charge in [0.05, 0.1) is 11.9 Å². The van der Waals surface area contributed by atoms with E-state index >= 15 is 0 Å². The number of aromatic nitrogens is 3. The van der Waals surface area contributed by atoms with Crippen molar-refractivity contribution in [3.05, 3.63) is 27.5 Å². The van der Waals surface area contributed by atoms with E-state index in [9.17, 15) is 4.39 Å². The Labute approximate surface area is 86.7 Å². The van der Waals surface area contributed by atoms with Crippen molar-refractivity contribution in [2.75, 3.05) is 0 Å². The van der Waals surface area contributed by atoms with Crippen molar-refractivity contribution in [1.29, 1.82) is 0 Å². The van der Waals surface area contributed by atoms with Gasteiger partial charge in [-0.15, -0.1) is 0 Å². The predicted octanol–water partition coefficient (Wildman–Crippen LogP) is 2.59. The summed E-state index contributed by atoms with van der Waals surface area (Å²) in [7, 11) is 0. The Balaban J connectivity index is 2.99. The second-order valence-electron chi connectivity index (χ2n) is 2.53. The molecule has 0 aliphatic heterocycles. The Morgan fingerprint density at radius 2 is 2.31 bits per heavy atom. The lowest BCUT2D eigenvalue weighted by Crippen LogP contribution is -1.97. The SMILES string of the molecule is Cc1nc(Cl)c2c(F)cnn2c1Br. The lowest BCUT2D eigenvalue weighted by molar-refractivity contribution is 0.638. The van der Waals surface area contributed by atoms with Crippen molar-refractivity contribution >= 4 is 33.0 Å². The van der Waals surface area contributed by atoms with Crippen LogP contribution in [0.4, 0.5) is 4.39 Å². The number of aryl methyl sites for hydroxylation is 1. The summed E-state index contributed by atoms with van der Waals surface area (Å²) >= 11 is 8.99. The average molecular weight is 264 g/mol. The molecule has 6 heteroatoms. The van der Waals surface area contributed by atoms with Crippen LogP contribution in [-0.2, 0) is 0 Å². The Hall–Kier alpha value is -0.680. The van der Waals surface area contributed by atoms with E-state index in [-0.39, 0.29) is 10.7 Å². The molecule has 2 aromatic rings. The van der Waals surface area contributed by atoms with Crippen LogP contribution in [0.3, 0.4) is 0 Å². The van der Waals surface area contributed by atoms with Gasteiger partial charge < -0.3 is 0 Å². The second kappa shape index (κ2) is 2.92. The van der Waals surface area contributed by atoms with Crippen molar-refractivity contribution in [2.24, 2.45) is 0 Å². The van der Waals surface area contributed by atoms with E-state index in [0.29, 0.717) is 10.3 Å². The highest BCUT2D eigenvalue weighted by Gasteiger charge is 2.13. The summed E-state index contributed by atoms with van der Waals surface area (Å²) in [4.78, 5) is 3.95. The average Bonchev–Trinajstić information content (AvgIpc) is 2.44. The Morgan fingerprint density at radius 1 is 1.62 bits per heavy atom. The van der Waals surface area contributed by atoms with Crippen LogP contribution in [0.1, 0.15) is 5.69 Å². The first-order chi connectivity index (χ1) is 6.11. The van der Waals surface area contributed by atoms with Gasteiger partial charge in [0.1, 0.15) is 10.1 Å². The zero-order valence-corrected chi connectivity index (χ0v) is 8.89. The first kappa shape index (κ1) is 8.90. The Morgan fingerprint density at radius 3 is 3.00 bits per heavy atom. The molecule has 0 N–H and O–H groups in total. The summed E-state index contributed by atoms with van der Waals surface area (Å²) in [5, 5.41) is 3.93. The monoisotopic (exact) mass is 263 g/mol. The fraction of sp³-hybridized carbons (Fsp3) is 0.143. The summed E-state index contributed by atoms with van der Waals surface area (Å²) in [6.45, 7) is 1.76. The van der Waals surface area contributed by atoms with E-state index in [2.05, 4.69) is 26.0 Å². The fourth-order valence-electron chi connectivity index (χ4n) is 1.06. The Kier molecular flexibility index (Phi) is 2.00. The molecule has 0 unspecified atom stereocenters. The van der Waals surface area contributed by atoms with E-state index in [1.807, 2.05) is 0 Å². The van der Waals surface area contributed by atoms with E-state index < -0.39 is 5.82 Å². The van der Waals surface area contributed by atoms with Gasteiger partial charge in [-0.3, -0.25) is 0 Å². The third kappa shape index (κ3) is 1.23. The minimum Gasteiger partial charge on any atom is -0.236 e. The van der Waals surface area contributed by atoms with Crippen LogP contribution in [0.15, 0.2) is 10.8 Å². The minimum absolute atomic E-state index is 0.121. The summed E-state index contributed by atoms with van der Waals surface area (Å²) in [6, 6.07) is 0. The topological polar surface area (TPSA) is 30.2 Å². The molecule has 0 amide bonds. The maximum atomic E-state index is 13.1. The first-order valence-electron chi connectivity index (χ1n) is 3.46. The third-order valence-corrected chi connectivity index (χ3v) is 2.84. The van der Waals surface area contributed by atoms with Gasteiger partial charge in [-0.25, -0.2) is 13.9 Å². The van der Waals surface area contributed by atoms with Gasteiger partial charge >= 0.3 is 0 Å². The lowest BCUT2D eigenvalue weighted by Gasteiger charge is -2.01. The molecule has 13 heavy (non-hydrogen) atoms. The second-order valence-corrected chi connectivity index (χ2v) is 3.64. The van der Waals surface area contributed by atoms with Gasteiger partial charge in [0.25, 0.3) is 0 Å². The fourth-order valence-corrected chi connectivity index (χ4v) is 1.72. The van der Waals surface area contributed by atoms with E-state index in [1.165, 1.54) is 4.52 Å². The third-order valence-electron chi connectivity index (χ3n) is 1.67. The molecule has 0 aliphatic rings. The molecule has 3 nitrogen and oxygen atoms in total. The molecular formula is C7H4BrClFN3. The molecule has 0 fully saturated rings.